The van der Waals surface area contributed by atoms with Gasteiger partial charge >= 0.3 is 0 Å². The van der Waals surface area contributed by atoms with Crippen LogP contribution in [0.4, 0.5) is 0 Å². The van der Waals surface area contributed by atoms with Crippen LogP contribution in [0.3, 0.4) is 0 Å². The number of rotatable bonds is 11. The highest BCUT2D eigenvalue weighted by Crippen LogP contribution is 1.94. The fourth-order valence-electron chi connectivity index (χ4n) is 2.31. The van der Waals surface area contributed by atoms with E-state index in [9.17, 15) is 0 Å². The Kier molecular flexibility index (Phi) is 14.2. The molecule has 0 aliphatic carbocycles. The van der Waals surface area contributed by atoms with E-state index in [2.05, 4.69) is 39.5 Å². The van der Waals surface area contributed by atoms with Crippen LogP contribution in [0.1, 0.15) is 33.1 Å². The maximum Gasteiger partial charge on any atom is 0.190 e. The highest BCUT2D eigenvalue weighted by Gasteiger charge is 2.00. The van der Waals surface area contributed by atoms with E-state index in [0.717, 1.165) is 45.1 Å². The third-order valence-corrected chi connectivity index (χ3v) is 3.73. The Balaban J connectivity index is 0.00000484. The molecule has 0 aliphatic rings. The number of hydrogen-bond acceptors (Lipinski definition) is 3. The monoisotopic (exact) mass is 436 g/mol. The fourth-order valence-corrected chi connectivity index (χ4v) is 2.31. The third kappa shape index (κ3) is 10.5. The Morgan fingerprint density at radius 2 is 1.83 bits per heavy atom. The van der Waals surface area contributed by atoms with Crippen molar-refractivity contribution in [1.29, 1.82) is 0 Å². The van der Waals surface area contributed by atoms with E-state index < -0.39 is 0 Å². The van der Waals surface area contributed by atoms with Crippen molar-refractivity contribution in [1.82, 2.24) is 25.3 Å². The second-order valence-electron chi connectivity index (χ2n) is 5.28. The van der Waals surface area contributed by atoms with Crippen LogP contribution in [-0.2, 0) is 6.54 Å². The van der Waals surface area contributed by atoms with E-state index in [4.69, 9.17) is 0 Å². The second-order valence-corrected chi connectivity index (χ2v) is 5.28. The zero-order chi connectivity index (χ0) is 16.0. The number of nitrogens with one attached hydrogen (secondary N) is 2. The van der Waals surface area contributed by atoms with Crippen LogP contribution < -0.4 is 10.6 Å². The summed E-state index contributed by atoms with van der Waals surface area (Å²) in [6.07, 6.45) is 7.23. The van der Waals surface area contributed by atoms with E-state index in [-0.39, 0.29) is 24.0 Å². The molecule has 1 aromatic heterocycles. The topological polar surface area (TPSA) is 57.5 Å². The van der Waals surface area contributed by atoms with Gasteiger partial charge in [0.25, 0.3) is 0 Å². The van der Waals surface area contributed by atoms with Crippen molar-refractivity contribution in [2.75, 3.05) is 39.8 Å². The number of unbranched alkanes of at least 4 members (excludes halogenated alkanes) is 1. The van der Waals surface area contributed by atoms with Gasteiger partial charge in [0.2, 0.25) is 0 Å². The van der Waals surface area contributed by atoms with Gasteiger partial charge in [0.15, 0.2) is 5.96 Å². The van der Waals surface area contributed by atoms with E-state index in [1.54, 1.807) is 0 Å². The third-order valence-electron chi connectivity index (χ3n) is 3.73. The lowest BCUT2D eigenvalue weighted by Gasteiger charge is -2.18. The van der Waals surface area contributed by atoms with Gasteiger partial charge < -0.3 is 15.5 Å². The SMILES string of the molecule is CCN(CC)CCCCNC(=NC)NCCCn1cccn1.I. The van der Waals surface area contributed by atoms with Gasteiger partial charge in [-0.25, -0.2) is 0 Å². The molecule has 0 radical (unpaired) electrons. The molecule has 1 heterocycles. The predicted molar refractivity (Wildman–Crippen MR) is 109 cm³/mol. The molecule has 0 spiro atoms. The van der Waals surface area contributed by atoms with Crippen LogP contribution in [0.15, 0.2) is 23.5 Å². The molecule has 6 nitrogen and oxygen atoms in total. The number of aryl methyl sites for hydroxylation is 1. The average Bonchev–Trinajstić information content (AvgIpc) is 3.06. The van der Waals surface area contributed by atoms with Crippen molar-refractivity contribution in [3.05, 3.63) is 18.5 Å². The first-order chi connectivity index (χ1) is 10.8. The van der Waals surface area contributed by atoms with Crippen molar-refractivity contribution >= 4 is 29.9 Å². The smallest absolute Gasteiger partial charge is 0.190 e. The molecule has 0 atom stereocenters. The molecule has 1 rings (SSSR count). The summed E-state index contributed by atoms with van der Waals surface area (Å²) in [5.74, 6) is 0.892. The predicted octanol–water partition coefficient (Wildman–Crippen LogP) is 2.18. The normalized spacial score (nSPS) is 11.4. The zero-order valence-electron chi connectivity index (χ0n) is 14.8. The number of guanidine groups is 1. The molecule has 0 fully saturated rings. The highest BCUT2D eigenvalue weighted by atomic mass is 127. The lowest BCUT2D eigenvalue weighted by Crippen LogP contribution is -2.38. The van der Waals surface area contributed by atoms with Gasteiger partial charge in [-0.1, -0.05) is 13.8 Å². The first-order valence-corrected chi connectivity index (χ1v) is 8.44. The minimum atomic E-state index is 0. The van der Waals surface area contributed by atoms with Crippen LogP contribution in [0.5, 0.6) is 0 Å². The van der Waals surface area contributed by atoms with E-state index in [0.29, 0.717) is 0 Å². The van der Waals surface area contributed by atoms with Crippen molar-refractivity contribution in [2.45, 2.75) is 39.7 Å². The molecule has 0 aliphatic heterocycles. The molecule has 0 bridgehead atoms. The maximum atomic E-state index is 4.25. The molecule has 0 unspecified atom stereocenters. The van der Waals surface area contributed by atoms with Crippen molar-refractivity contribution < 1.29 is 0 Å². The molecule has 23 heavy (non-hydrogen) atoms. The summed E-state index contributed by atoms with van der Waals surface area (Å²) >= 11 is 0. The Labute approximate surface area is 158 Å². The molecule has 0 aromatic carbocycles. The highest BCUT2D eigenvalue weighted by molar-refractivity contribution is 14.0. The Morgan fingerprint density at radius 1 is 1.13 bits per heavy atom. The van der Waals surface area contributed by atoms with E-state index in [1.807, 2.05) is 30.2 Å². The minimum Gasteiger partial charge on any atom is -0.356 e. The van der Waals surface area contributed by atoms with Gasteiger partial charge in [-0.2, -0.15) is 5.10 Å². The molecule has 134 valence electrons. The number of nitrogens with zero attached hydrogens (tertiary/aromatic N) is 4. The first kappa shape index (κ1) is 22.2. The lowest BCUT2D eigenvalue weighted by molar-refractivity contribution is 0.297. The van der Waals surface area contributed by atoms with Crippen molar-refractivity contribution in [2.24, 2.45) is 4.99 Å². The van der Waals surface area contributed by atoms with Gasteiger partial charge in [-0.15, -0.1) is 24.0 Å². The fraction of sp³-hybridized carbons (Fsp3) is 0.750. The quantitative estimate of drug-likeness (QED) is 0.242. The molecule has 1 aromatic rings. The Morgan fingerprint density at radius 3 is 2.39 bits per heavy atom. The van der Waals surface area contributed by atoms with Gasteiger partial charge in [0.05, 0.1) is 0 Å². The van der Waals surface area contributed by atoms with Gasteiger partial charge in [-0.05, 0) is 45.0 Å². The summed E-state index contributed by atoms with van der Waals surface area (Å²) in [5.41, 5.74) is 0. The van der Waals surface area contributed by atoms with Gasteiger partial charge in [0, 0.05) is 39.1 Å². The van der Waals surface area contributed by atoms with Crippen LogP contribution in [-0.4, -0.2) is 60.4 Å². The second kappa shape index (κ2) is 14.7. The summed E-state index contributed by atoms with van der Waals surface area (Å²) in [7, 11) is 1.82. The van der Waals surface area contributed by atoms with Gasteiger partial charge in [-0.3, -0.25) is 9.67 Å². The molecule has 7 heteroatoms. The van der Waals surface area contributed by atoms with E-state index in [1.165, 1.54) is 19.4 Å². The van der Waals surface area contributed by atoms with Crippen molar-refractivity contribution in [3.63, 3.8) is 0 Å². The van der Waals surface area contributed by atoms with Crippen LogP contribution >= 0.6 is 24.0 Å². The minimum absolute atomic E-state index is 0. The largest absolute Gasteiger partial charge is 0.356 e. The lowest BCUT2D eigenvalue weighted by atomic mass is 10.3. The van der Waals surface area contributed by atoms with Crippen molar-refractivity contribution in [3.8, 4) is 0 Å². The molecule has 2 N–H and O–H groups in total. The number of aromatic nitrogens is 2. The number of aliphatic imine (C=N–C) groups is 1. The molecule has 0 saturated heterocycles. The molecular weight excluding hydrogens is 403 g/mol. The summed E-state index contributed by atoms with van der Waals surface area (Å²) < 4.78 is 1.95. The summed E-state index contributed by atoms with van der Waals surface area (Å²) in [6, 6.07) is 1.95. The van der Waals surface area contributed by atoms with Gasteiger partial charge in [0.1, 0.15) is 0 Å². The Hall–Kier alpha value is -0.830. The average molecular weight is 436 g/mol. The molecular formula is C16H33IN6. The number of hydrogen-bond donors (Lipinski definition) is 2. The zero-order valence-corrected chi connectivity index (χ0v) is 17.1. The summed E-state index contributed by atoms with van der Waals surface area (Å²) in [6.45, 7) is 10.7. The van der Waals surface area contributed by atoms with E-state index >= 15 is 0 Å². The Bertz CT molecular complexity index is 389. The summed E-state index contributed by atoms with van der Waals surface area (Å²) in [5, 5.41) is 10.9. The first-order valence-electron chi connectivity index (χ1n) is 8.44. The maximum absolute atomic E-state index is 4.25. The molecule has 0 saturated carbocycles. The summed E-state index contributed by atoms with van der Waals surface area (Å²) in [4.78, 5) is 6.71. The van der Waals surface area contributed by atoms with Crippen LogP contribution in [0.25, 0.3) is 0 Å². The number of halogens is 1. The standard InChI is InChI=1S/C16H32N6.HI/c1-4-21(5-2)13-7-6-10-18-16(17-3)19-11-8-14-22-15-9-12-20-22;/h9,12,15H,4-8,10-11,13-14H2,1-3H3,(H2,17,18,19);1H. The molecule has 0 amide bonds. The van der Waals surface area contributed by atoms with Crippen LogP contribution in [0, 0.1) is 0 Å². The van der Waals surface area contributed by atoms with Crippen LogP contribution in [0.2, 0.25) is 0 Å².